The molecule has 0 spiro atoms. The fourth-order valence-corrected chi connectivity index (χ4v) is 3.25. The lowest BCUT2D eigenvalue weighted by molar-refractivity contribution is -0.136. The summed E-state index contributed by atoms with van der Waals surface area (Å²) in [6.45, 7) is 1.82. The van der Waals surface area contributed by atoms with Crippen molar-refractivity contribution in [1.82, 2.24) is 4.98 Å². The van der Waals surface area contributed by atoms with Gasteiger partial charge in [0.2, 0.25) is 0 Å². The van der Waals surface area contributed by atoms with Gasteiger partial charge in [-0.05, 0) is 24.6 Å². The summed E-state index contributed by atoms with van der Waals surface area (Å²) in [4.78, 5) is 15.9. The van der Waals surface area contributed by atoms with Crippen molar-refractivity contribution in [3.05, 3.63) is 49.4 Å². The third kappa shape index (κ3) is 3.69. The van der Waals surface area contributed by atoms with E-state index >= 15 is 0 Å². The number of aryl methyl sites for hydroxylation is 1. The second-order valence-electron chi connectivity index (χ2n) is 4.10. The molecule has 100 valence electrons. The van der Waals surface area contributed by atoms with Gasteiger partial charge in [-0.3, -0.25) is 4.79 Å². The maximum Gasteiger partial charge on any atom is 0.308 e. The zero-order valence-corrected chi connectivity index (χ0v) is 12.4. The van der Waals surface area contributed by atoms with Gasteiger partial charge in [-0.15, -0.1) is 11.3 Å². The maximum absolute atomic E-state index is 10.7. The Morgan fingerprint density at radius 3 is 2.79 bits per heavy atom. The van der Waals surface area contributed by atoms with E-state index < -0.39 is 5.97 Å². The van der Waals surface area contributed by atoms with Crippen LogP contribution in [0.1, 0.15) is 21.1 Å². The van der Waals surface area contributed by atoms with Crippen LogP contribution in [0.2, 0.25) is 10.0 Å². The largest absolute Gasteiger partial charge is 0.481 e. The second-order valence-corrected chi connectivity index (χ2v) is 6.11. The monoisotopic (exact) mass is 315 g/mol. The third-order valence-electron chi connectivity index (χ3n) is 2.61. The molecule has 2 aromatic rings. The fourth-order valence-electron chi connectivity index (χ4n) is 1.69. The van der Waals surface area contributed by atoms with E-state index in [9.17, 15) is 4.79 Å². The smallest absolute Gasteiger partial charge is 0.308 e. The van der Waals surface area contributed by atoms with Crippen LogP contribution in [-0.4, -0.2) is 16.1 Å². The summed E-state index contributed by atoms with van der Waals surface area (Å²) in [6.07, 6.45) is 0.596. The summed E-state index contributed by atoms with van der Waals surface area (Å²) in [5.74, 6) is -0.845. The van der Waals surface area contributed by atoms with Gasteiger partial charge in [-0.1, -0.05) is 29.3 Å². The number of thiazole rings is 1. The first-order chi connectivity index (χ1) is 8.95. The van der Waals surface area contributed by atoms with Crippen LogP contribution in [0.25, 0.3) is 0 Å². The van der Waals surface area contributed by atoms with Crippen LogP contribution in [0, 0.1) is 6.92 Å². The maximum atomic E-state index is 10.7. The van der Waals surface area contributed by atoms with Gasteiger partial charge in [0.1, 0.15) is 0 Å². The first-order valence-electron chi connectivity index (χ1n) is 5.56. The van der Waals surface area contributed by atoms with Gasteiger partial charge in [-0.2, -0.15) is 0 Å². The number of carbonyl (C=O) groups is 1. The molecule has 0 saturated heterocycles. The number of benzene rings is 1. The summed E-state index contributed by atoms with van der Waals surface area (Å²) in [5, 5.41) is 10.9. The van der Waals surface area contributed by atoms with Crippen LogP contribution in [0.5, 0.6) is 0 Å². The SMILES string of the molecule is Cc1nc(Cc2ccc(Cl)cc2Cl)sc1CC(=O)O. The molecule has 0 atom stereocenters. The van der Waals surface area contributed by atoms with E-state index in [4.69, 9.17) is 28.3 Å². The average Bonchev–Trinajstić information content (AvgIpc) is 2.62. The molecule has 0 aliphatic rings. The molecule has 1 aromatic heterocycles. The predicted molar refractivity (Wildman–Crippen MR) is 77.5 cm³/mol. The van der Waals surface area contributed by atoms with Crippen LogP contribution in [0.3, 0.4) is 0 Å². The lowest BCUT2D eigenvalue weighted by Crippen LogP contribution is -1.99. The van der Waals surface area contributed by atoms with Crippen molar-refractivity contribution in [2.75, 3.05) is 0 Å². The average molecular weight is 316 g/mol. The minimum absolute atomic E-state index is 0.0118. The van der Waals surface area contributed by atoms with Gasteiger partial charge in [0.15, 0.2) is 0 Å². The van der Waals surface area contributed by atoms with Gasteiger partial charge < -0.3 is 5.11 Å². The van der Waals surface area contributed by atoms with E-state index in [2.05, 4.69) is 4.98 Å². The quantitative estimate of drug-likeness (QED) is 0.928. The molecule has 2 rings (SSSR count). The number of hydrogen-bond donors (Lipinski definition) is 1. The summed E-state index contributed by atoms with van der Waals surface area (Å²) in [5.41, 5.74) is 1.70. The number of halogens is 2. The number of aliphatic carboxylic acids is 1. The van der Waals surface area contributed by atoms with Crippen molar-refractivity contribution in [1.29, 1.82) is 0 Å². The Balaban J connectivity index is 2.21. The molecule has 0 aliphatic heterocycles. The molecule has 1 aromatic carbocycles. The Morgan fingerprint density at radius 1 is 1.42 bits per heavy atom. The molecule has 6 heteroatoms. The molecular formula is C13H11Cl2NO2S. The highest BCUT2D eigenvalue weighted by Crippen LogP contribution is 2.26. The van der Waals surface area contributed by atoms with Gasteiger partial charge in [0.05, 0.1) is 17.1 Å². The van der Waals surface area contributed by atoms with Gasteiger partial charge >= 0.3 is 5.97 Å². The summed E-state index contributed by atoms with van der Waals surface area (Å²) in [7, 11) is 0. The first kappa shape index (κ1) is 14.3. The van der Waals surface area contributed by atoms with Crippen molar-refractivity contribution < 1.29 is 9.90 Å². The van der Waals surface area contributed by atoms with E-state index in [-0.39, 0.29) is 6.42 Å². The Kier molecular flexibility index (Phi) is 4.45. The van der Waals surface area contributed by atoms with Crippen molar-refractivity contribution >= 4 is 40.5 Å². The molecule has 19 heavy (non-hydrogen) atoms. The van der Waals surface area contributed by atoms with Gasteiger partial charge in [0.25, 0.3) is 0 Å². The van der Waals surface area contributed by atoms with Crippen LogP contribution in [-0.2, 0) is 17.6 Å². The van der Waals surface area contributed by atoms with Gasteiger partial charge in [-0.25, -0.2) is 4.98 Å². The molecular weight excluding hydrogens is 305 g/mol. The molecule has 0 fully saturated rings. The number of carboxylic acid groups (broad SMARTS) is 1. The van der Waals surface area contributed by atoms with E-state index in [1.54, 1.807) is 12.1 Å². The fraction of sp³-hybridized carbons (Fsp3) is 0.231. The third-order valence-corrected chi connectivity index (χ3v) is 4.35. The molecule has 1 heterocycles. The Labute approximate surface area is 124 Å². The van der Waals surface area contributed by atoms with E-state index in [0.717, 1.165) is 21.1 Å². The number of hydrogen-bond acceptors (Lipinski definition) is 3. The predicted octanol–water partition coefficient (Wildman–Crippen LogP) is 3.98. The molecule has 3 nitrogen and oxygen atoms in total. The van der Waals surface area contributed by atoms with E-state index in [1.807, 2.05) is 13.0 Å². The lowest BCUT2D eigenvalue weighted by Gasteiger charge is -2.01. The highest BCUT2D eigenvalue weighted by Gasteiger charge is 2.12. The molecule has 0 saturated carbocycles. The standard InChI is InChI=1S/C13H11Cl2NO2S/c1-7-11(6-13(17)18)19-12(16-7)4-8-2-3-9(14)5-10(8)15/h2-3,5H,4,6H2,1H3,(H,17,18). The normalized spacial score (nSPS) is 10.7. The van der Waals surface area contributed by atoms with Crippen molar-refractivity contribution in [2.24, 2.45) is 0 Å². The van der Waals surface area contributed by atoms with E-state index in [0.29, 0.717) is 16.5 Å². The van der Waals surface area contributed by atoms with Crippen LogP contribution in [0.15, 0.2) is 18.2 Å². The minimum atomic E-state index is -0.845. The highest BCUT2D eigenvalue weighted by atomic mass is 35.5. The first-order valence-corrected chi connectivity index (χ1v) is 7.14. The summed E-state index contributed by atoms with van der Waals surface area (Å²) < 4.78 is 0. The number of carboxylic acids is 1. The van der Waals surface area contributed by atoms with Crippen LogP contribution in [0.4, 0.5) is 0 Å². The number of nitrogens with zero attached hydrogens (tertiary/aromatic N) is 1. The Bertz CT molecular complexity index is 625. The van der Waals surface area contributed by atoms with Crippen molar-refractivity contribution in [3.63, 3.8) is 0 Å². The number of rotatable bonds is 4. The van der Waals surface area contributed by atoms with Gasteiger partial charge in [0, 0.05) is 21.3 Å². The zero-order valence-electron chi connectivity index (χ0n) is 10.1. The molecule has 0 aliphatic carbocycles. The lowest BCUT2D eigenvalue weighted by atomic mass is 10.1. The Morgan fingerprint density at radius 2 is 2.16 bits per heavy atom. The van der Waals surface area contributed by atoms with Crippen molar-refractivity contribution in [2.45, 2.75) is 19.8 Å². The van der Waals surface area contributed by atoms with Crippen LogP contribution >= 0.6 is 34.5 Å². The molecule has 0 amide bonds. The van der Waals surface area contributed by atoms with E-state index in [1.165, 1.54) is 11.3 Å². The molecule has 0 bridgehead atoms. The second kappa shape index (κ2) is 5.90. The molecule has 0 unspecified atom stereocenters. The molecule has 1 N–H and O–H groups in total. The zero-order chi connectivity index (χ0) is 14.0. The minimum Gasteiger partial charge on any atom is -0.481 e. The highest BCUT2D eigenvalue weighted by molar-refractivity contribution is 7.11. The summed E-state index contributed by atoms with van der Waals surface area (Å²) in [6, 6.07) is 5.33. The number of aromatic nitrogens is 1. The van der Waals surface area contributed by atoms with Crippen LogP contribution < -0.4 is 0 Å². The van der Waals surface area contributed by atoms with Crippen molar-refractivity contribution in [3.8, 4) is 0 Å². The topological polar surface area (TPSA) is 50.2 Å². The summed E-state index contributed by atoms with van der Waals surface area (Å²) >= 11 is 13.4. The Hall–Kier alpha value is -1.10. The molecule has 0 radical (unpaired) electrons.